The molecule has 0 spiro atoms. The Morgan fingerprint density at radius 3 is 2.55 bits per heavy atom. The molecule has 1 aromatic rings. The van der Waals surface area contributed by atoms with Crippen molar-refractivity contribution in [2.24, 2.45) is 5.73 Å². The second-order valence-electron chi connectivity index (χ2n) is 5.03. The number of nitrogens with two attached hydrogens (primary N) is 1. The van der Waals surface area contributed by atoms with Gasteiger partial charge in [0.15, 0.2) is 0 Å². The lowest BCUT2D eigenvalue weighted by molar-refractivity contribution is 0.179. The molecule has 0 amide bonds. The molecule has 1 aromatic heterocycles. The van der Waals surface area contributed by atoms with E-state index in [1.807, 2.05) is 4.90 Å². The summed E-state index contributed by atoms with van der Waals surface area (Å²) in [6.07, 6.45) is 2.21. The molecule has 0 aliphatic carbocycles. The molecule has 20 heavy (non-hydrogen) atoms. The first kappa shape index (κ1) is 14.7. The van der Waals surface area contributed by atoms with Gasteiger partial charge in [0.05, 0.1) is 0 Å². The van der Waals surface area contributed by atoms with E-state index < -0.39 is 11.2 Å². The van der Waals surface area contributed by atoms with Crippen LogP contribution in [0.1, 0.15) is 19.8 Å². The van der Waals surface area contributed by atoms with E-state index in [1.54, 1.807) is 0 Å². The maximum Gasteiger partial charge on any atom is 0.342 e. The summed E-state index contributed by atoms with van der Waals surface area (Å²) < 4.78 is 0. The Morgan fingerprint density at radius 1 is 1.30 bits per heavy atom. The van der Waals surface area contributed by atoms with Crippen molar-refractivity contribution in [2.45, 2.75) is 25.8 Å². The van der Waals surface area contributed by atoms with Crippen LogP contribution in [0, 0.1) is 0 Å². The van der Waals surface area contributed by atoms with Gasteiger partial charge in [0.25, 0.3) is 5.56 Å². The third-order valence-corrected chi connectivity index (χ3v) is 3.72. The Labute approximate surface area is 117 Å². The van der Waals surface area contributed by atoms with Crippen molar-refractivity contribution in [3.63, 3.8) is 0 Å². The van der Waals surface area contributed by atoms with E-state index in [0.29, 0.717) is 25.7 Å². The molecule has 112 valence electrons. The van der Waals surface area contributed by atoms with E-state index in [1.165, 1.54) is 0 Å². The average Bonchev–Trinajstić information content (AvgIpc) is 2.45. The lowest BCUT2D eigenvalue weighted by Gasteiger charge is -2.38. The minimum absolute atomic E-state index is 0.282. The van der Waals surface area contributed by atoms with Gasteiger partial charge in [0.1, 0.15) is 0 Å². The number of nitrogens with one attached hydrogen (secondary N) is 2. The number of H-pyrrole nitrogens is 2. The number of nitrogens with zero attached hydrogens (tertiary/aromatic N) is 3. The number of hydrogen-bond donors (Lipinski definition) is 3. The molecule has 1 atom stereocenters. The summed E-state index contributed by atoms with van der Waals surface area (Å²) in [6.45, 7) is 5.93. The van der Waals surface area contributed by atoms with Gasteiger partial charge in [-0.05, 0) is 6.42 Å². The van der Waals surface area contributed by atoms with Crippen LogP contribution in [-0.4, -0.2) is 58.8 Å². The first-order valence-corrected chi connectivity index (χ1v) is 7.03. The molecule has 4 N–H and O–H groups in total. The van der Waals surface area contributed by atoms with Crippen molar-refractivity contribution in [2.75, 3.05) is 37.6 Å². The first-order chi connectivity index (χ1) is 9.65. The quantitative estimate of drug-likeness (QED) is 0.619. The third-order valence-electron chi connectivity index (χ3n) is 3.72. The number of piperazine rings is 1. The fourth-order valence-electron chi connectivity index (χ4n) is 2.64. The number of hydrogen-bond acceptors (Lipinski definition) is 6. The van der Waals surface area contributed by atoms with E-state index in [9.17, 15) is 9.59 Å². The van der Waals surface area contributed by atoms with Crippen molar-refractivity contribution < 1.29 is 0 Å². The molecule has 0 bridgehead atoms. The van der Waals surface area contributed by atoms with Crippen LogP contribution >= 0.6 is 0 Å². The highest BCUT2D eigenvalue weighted by molar-refractivity contribution is 5.34. The van der Waals surface area contributed by atoms with Crippen LogP contribution in [0.2, 0.25) is 0 Å². The number of anilines is 1. The minimum Gasteiger partial charge on any atom is -0.348 e. The van der Waals surface area contributed by atoms with Crippen molar-refractivity contribution in [3.05, 3.63) is 20.8 Å². The van der Waals surface area contributed by atoms with Crippen molar-refractivity contribution in [1.82, 2.24) is 20.1 Å². The maximum atomic E-state index is 11.7. The van der Waals surface area contributed by atoms with Crippen LogP contribution in [0.3, 0.4) is 0 Å². The zero-order chi connectivity index (χ0) is 14.5. The predicted octanol–water partition coefficient (Wildman–Crippen LogP) is -1.29. The Morgan fingerprint density at radius 2 is 2.00 bits per heavy atom. The summed E-state index contributed by atoms with van der Waals surface area (Å²) in [5.74, 6) is 0.282. The normalized spacial score (nSPS) is 18.2. The fraction of sp³-hybridized carbons (Fsp3) is 0.750. The molecule has 0 saturated carbocycles. The van der Waals surface area contributed by atoms with E-state index in [-0.39, 0.29) is 5.82 Å². The van der Waals surface area contributed by atoms with Crippen LogP contribution in [0.4, 0.5) is 5.82 Å². The molecular formula is C12H22N6O2. The summed E-state index contributed by atoms with van der Waals surface area (Å²) in [5.41, 5.74) is 4.80. The molecule has 1 aliphatic rings. The topological polar surface area (TPSA) is 111 Å². The van der Waals surface area contributed by atoms with Crippen molar-refractivity contribution in [1.29, 1.82) is 0 Å². The van der Waals surface area contributed by atoms with Gasteiger partial charge in [0, 0.05) is 38.8 Å². The number of aromatic nitrogens is 3. The number of aromatic amines is 2. The summed E-state index contributed by atoms with van der Waals surface area (Å²) in [6, 6.07) is 0.406. The van der Waals surface area contributed by atoms with Gasteiger partial charge in [0.2, 0.25) is 5.82 Å². The Bertz CT molecular complexity index is 531. The van der Waals surface area contributed by atoms with Crippen LogP contribution in [0.5, 0.6) is 0 Å². The van der Waals surface area contributed by atoms with Crippen molar-refractivity contribution >= 4 is 5.82 Å². The van der Waals surface area contributed by atoms with Gasteiger partial charge in [-0.15, -0.1) is 5.10 Å². The molecule has 1 fully saturated rings. The van der Waals surface area contributed by atoms with Gasteiger partial charge < -0.3 is 10.6 Å². The van der Waals surface area contributed by atoms with Crippen molar-refractivity contribution in [3.8, 4) is 0 Å². The van der Waals surface area contributed by atoms with Gasteiger partial charge >= 0.3 is 5.69 Å². The first-order valence-electron chi connectivity index (χ1n) is 7.03. The molecule has 0 radical (unpaired) electrons. The fourth-order valence-corrected chi connectivity index (χ4v) is 2.64. The standard InChI is InChI=1S/C12H22N6O2/c1-2-3-9(8-13)17-4-6-18(7-5-17)10-11(19)14-12(20)16-15-10/h9H,2-8,13H2,1H3,(H2,14,16,19,20). The molecular weight excluding hydrogens is 260 g/mol. The molecule has 8 heteroatoms. The largest absolute Gasteiger partial charge is 0.348 e. The SMILES string of the molecule is CCCC(CN)N1CCN(c2n[nH]c(=O)[nH]c2=O)CC1. The minimum atomic E-state index is -0.580. The second-order valence-corrected chi connectivity index (χ2v) is 5.03. The maximum absolute atomic E-state index is 11.7. The molecule has 1 aliphatic heterocycles. The van der Waals surface area contributed by atoms with Crippen LogP contribution in [-0.2, 0) is 0 Å². The highest BCUT2D eigenvalue weighted by Crippen LogP contribution is 2.12. The molecule has 2 heterocycles. The van der Waals surface area contributed by atoms with E-state index >= 15 is 0 Å². The lowest BCUT2D eigenvalue weighted by atomic mass is 10.1. The second kappa shape index (κ2) is 6.67. The highest BCUT2D eigenvalue weighted by Gasteiger charge is 2.24. The molecule has 1 saturated heterocycles. The molecule has 2 rings (SSSR count). The zero-order valence-corrected chi connectivity index (χ0v) is 11.8. The summed E-state index contributed by atoms with van der Waals surface area (Å²) in [5, 5.41) is 6.10. The lowest BCUT2D eigenvalue weighted by Crippen LogP contribution is -2.53. The number of rotatable bonds is 5. The molecule has 0 aromatic carbocycles. The Kier molecular flexibility index (Phi) is 4.91. The van der Waals surface area contributed by atoms with Crippen LogP contribution in [0.15, 0.2) is 9.59 Å². The summed E-state index contributed by atoms with van der Waals surface area (Å²) in [7, 11) is 0. The average molecular weight is 282 g/mol. The van der Waals surface area contributed by atoms with Gasteiger partial charge in [-0.25, -0.2) is 9.89 Å². The third kappa shape index (κ3) is 3.26. The Hall–Kier alpha value is -1.67. The monoisotopic (exact) mass is 282 g/mol. The van der Waals surface area contributed by atoms with Gasteiger partial charge in [-0.1, -0.05) is 13.3 Å². The van der Waals surface area contributed by atoms with E-state index in [0.717, 1.165) is 25.9 Å². The molecule has 8 nitrogen and oxygen atoms in total. The predicted molar refractivity (Wildman–Crippen MR) is 77.0 cm³/mol. The smallest absolute Gasteiger partial charge is 0.342 e. The highest BCUT2D eigenvalue weighted by atomic mass is 16.2. The summed E-state index contributed by atoms with van der Waals surface area (Å²) >= 11 is 0. The molecule has 1 unspecified atom stereocenters. The van der Waals surface area contributed by atoms with E-state index in [2.05, 4.69) is 27.0 Å². The van der Waals surface area contributed by atoms with Gasteiger partial charge in [-0.3, -0.25) is 14.7 Å². The van der Waals surface area contributed by atoms with E-state index in [4.69, 9.17) is 5.73 Å². The summed E-state index contributed by atoms with van der Waals surface area (Å²) in [4.78, 5) is 29.1. The van der Waals surface area contributed by atoms with Gasteiger partial charge in [-0.2, -0.15) is 0 Å². The van der Waals surface area contributed by atoms with Crippen LogP contribution < -0.4 is 21.9 Å². The Balaban J connectivity index is 2.00. The van der Waals surface area contributed by atoms with Crippen LogP contribution in [0.25, 0.3) is 0 Å². The zero-order valence-electron chi connectivity index (χ0n) is 11.8.